The van der Waals surface area contributed by atoms with Crippen molar-refractivity contribution in [1.29, 1.82) is 0 Å². The Hall–Kier alpha value is -1.68. The Morgan fingerprint density at radius 2 is 1.70 bits per heavy atom. The van der Waals surface area contributed by atoms with Gasteiger partial charge in [-0.05, 0) is 62.5 Å². The van der Waals surface area contributed by atoms with Gasteiger partial charge in [0.25, 0.3) is 5.91 Å². The lowest BCUT2D eigenvalue weighted by Gasteiger charge is -2.18. The number of allylic oxidation sites excluding steroid dienone is 1. The molecule has 0 fully saturated rings. The molecule has 2 unspecified atom stereocenters. The van der Waals surface area contributed by atoms with Gasteiger partial charge in [0.2, 0.25) is 0 Å². The summed E-state index contributed by atoms with van der Waals surface area (Å²) in [6.07, 6.45) is -2.32. The fourth-order valence-electron chi connectivity index (χ4n) is 3.40. The first-order chi connectivity index (χ1) is 17.5. The molecular formula is C26H20BrCl3F3NO2S. The first-order valence-electron chi connectivity index (χ1n) is 10.8. The van der Waals surface area contributed by atoms with Gasteiger partial charge >= 0.3 is 6.18 Å². The van der Waals surface area contributed by atoms with Crippen LogP contribution < -0.4 is 5.32 Å². The molecule has 0 spiro atoms. The Labute approximate surface area is 239 Å². The van der Waals surface area contributed by atoms with Crippen LogP contribution in [0.1, 0.15) is 33.0 Å². The highest BCUT2D eigenvalue weighted by Crippen LogP contribution is 2.41. The molecule has 0 bridgehead atoms. The Kier molecular flexibility index (Phi) is 10.8. The highest BCUT2D eigenvalue weighted by atomic mass is 79.9. The van der Waals surface area contributed by atoms with Crippen molar-refractivity contribution in [1.82, 2.24) is 5.32 Å². The maximum atomic E-state index is 13.8. The highest BCUT2D eigenvalue weighted by molar-refractivity contribution is 9.10. The molecule has 0 aromatic heterocycles. The van der Waals surface area contributed by atoms with Crippen LogP contribution in [0, 0.1) is 0 Å². The zero-order valence-electron chi connectivity index (χ0n) is 19.0. The molecule has 0 saturated carbocycles. The number of carbonyl (C=O) groups excluding carboxylic acids is 1. The van der Waals surface area contributed by atoms with Crippen molar-refractivity contribution >= 4 is 73.9 Å². The van der Waals surface area contributed by atoms with Gasteiger partial charge in [0.15, 0.2) is 0 Å². The van der Waals surface area contributed by atoms with Crippen molar-refractivity contribution in [2.45, 2.75) is 17.8 Å². The van der Waals surface area contributed by atoms with Gasteiger partial charge in [0.05, 0.1) is 33.1 Å². The van der Waals surface area contributed by atoms with E-state index in [1.54, 1.807) is 0 Å². The van der Waals surface area contributed by atoms with Gasteiger partial charge in [-0.2, -0.15) is 13.2 Å². The third-order valence-electron chi connectivity index (χ3n) is 5.22. The number of hydrogen-bond donors (Lipinski definition) is 1. The smallest absolute Gasteiger partial charge is 0.399 e. The van der Waals surface area contributed by atoms with E-state index in [4.69, 9.17) is 34.8 Å². The van der Waals surface area contributed by atoms with Crippen LogP contribution in [-0.4, -0.2) is 28.9 Å². The standard InChI is InChI=1S/C26H20BrCl3F3NO2S/c27-21-12-16(7-9-20(26(31,32)33)18-13-22(28)24(30)23(29)14-18)6-8-19(21)25(35)34-10-11-37(36)15-17-4-2-1-3-5-17/h1-9,12-14,20H,10-11,15H2,(H,34,35). The average molecular weight is 654 g/mol. The molecule has 1 amide bonds. The van der Waals surface area contributed by atoms with Gasteiger partial charge in [0.1, 0.15) is 11.5 Å². The number of nitrogens with one attached hydrogen (secondary N) is 1. The Bertz CT molecular complexity index is 1250. The summed E-state index contributed by atoms with van der Waals surface area (Å²) in [5.74, 6) is -1.68. The maximum absolute atomic E-state index is 13.8. The largest absolute Gasteiger partial charge is 0.616 e. The molecule has 0 aliphatic heterocycles. The number of hydrogen-bond acceptors (Lipinski definition) is 2. The predicted octanol–water partition coefficient (Wildman–Crippen LogP) is 8.45. The number of carbonyl (C=O) groups is 1. The molecule has 196 valence electrons. The molecule has 37 heavy (non-hydrogen) atoms. The SMILES string of the molecule is O=C(NCC[S+]([O-])Cc1ccccc1)c1ccc(C=CC(c2cc(Cl)c(Cl)c(Cl)c2)C(F)(F)F)cc1Br. The molecule has 1 N–H and O–H groups in total. The Morgan fingerprint density at radius 3 is 2.30 bits per heavy atom. The van der Waals surface area contributed by atoms with Crippen molar-refractivity contribution in [3.05, 3.63) is 109 Å². The normalized spacial score (nSPS) is 13.5. The van der Waals surface area contributed by atoms with E-state index in [-0.39, 0.29) is 32.9 Å². The van der Waals surface area contributed by atoms with Gasteiger partial charge in [-0.15, -0.1) is 0 Å². The van der Waals surface area contributed by atoms with Crippen LogP contribution in [0.3, 0.4) is 0 Å². The molecule has 0 radical (unpaired) electrons. The summed E-state index contributed by atoms with van der Waals surface area (Å²) in [5, 5.41) is 2.55. The zero-order chi connectivity index (χ0) is 27.2. The third kappa shape index (κ3) is 8.67. The summed E-state index contributed by atoms with van der Waals surface area (Å²) in [4.78, 5) is 12.5. The number of rotatable bonds is 9. The number of alkyl halides is 3. The number of benzene rings is 3. The molecule has 2 atom stereocenters. The van der Waals surface area contributed by atoms with E-state index in [9.17, 15) is 22.5 Å². The minimum atomic E-state index is -4.60. The van der Waals surface area contributed by atoms with Crippen molar-refractivity contribution in [2.24, 2.45) is 0 Å². The van der Waals surface area contributed by atoms with Gasteiger partial charge in [-0.25, -0.2) is 0 Å². The highest BCUT2D eigenvalue weighted by Gasteiger charge is 2.39. The molecule has 11 heteroatoms. The van der Waals surface area contributed by atoms with Gasteiger partial charge in [-0.3, -0.25) is 4.79 Å². The molecule has 0 saturated heterocycles. The van der Waals surface area contributed by atoms with Crippen LogP contribution in [0.2, 0.25) is 15.1 Å². The molecule has 0 aliphatic carbocycles. The van der Waals surface area contributed by atoms with E-state index in [2.05, 4.69) is 21.2 Å². The van der Waals surface area contributed by atoms with Crippen LogP contribution in [-0.2, 0) is 16.9 Å². The lowest BCUT2D eigenvalue weighted by atomic mass is 9.97. The zero-order valence-corrected chi connectivity index (χ0v) is 23.7. The monoisotopic (exact) mass is 651 g/mol. The van der Waals surface area contributed by atoms with E-state index >= 15 is 0 Å². The molecule has 3 nitrogen and oxygen atoms in total. The predicted molar refractivity (Wildman–Crippen MR) is 149 cm³/mol. The second-order valence-corrected chi connectivity index (χ2v) is 11.6. The summed E-state index contributed by atoms with van der Waals surface area (Å²) in [6, 6.07) is 16.2. The topological polar surface area (TPSA) is 52.2 Å². The van der Waals surface area contributed by atoms with Gasteiger partial charge in [0, 0.05) is 10.0 Å². The molecular weight excluding hydrogens is 634 g/mol. The molecule has 3 rings (SSSR count). The van der Waals surface area contributed by atoms with E-state index in [0.29, 0.717) is 21.4 Å². The van der Waals surface area contributed by atoms with Crippen LogP contribution in [0.25, 0.3) is 6.08 Å². The fourth-order valence-corrected chi connectivity index (χ4v) is 5.62. The van der Waals surface area contributed by atoms with Crippen LogP contribution >= 0.6 is 50.7 Å². The maximum Gasteiger partial charge on any atom is 0.399 e. The van der Waals surface area contributed by atoms with Crippen molar-refractivity contribution in [3.8, 4) is 0 Å². The van der Waals surface area contributed by atoms with Crippen molar-refractivity contribution < 1.29 is 22.5 Å². The summed E-state index contributed by atoms with van der Waals surface area (Å²) >= 11 is 19.9. The molecule has 0 aliphatic rings. The first-order valence-corrected chi connectivity index (χ1v) is 14.2. The summed E-state index contributed by atoms with van der Waals surface area (Å²) in [5.41, 5.74) is 1.54. The van der Waals surface area contributed by atoms with Crippen molar-refractivity contribution in [2.75, 3.05) is 12.3 Å². The van der Waals surface area contributed by atoms with E-state index < -0.39 is 29.2 Å². The lowest BCUT2D eigenvalue weighted by molar-refractivity contribution is -0.139. The minimum absolute atomic E-state index is 0.0165. The summed E-state index contributed by atoms with van der Waals surface area (Å²) < 4.78 is 53.9. The van der Waals surface area contributed by atoms with E-state index in [1.807, 2.05) is 30.3 Å². The van der Waals surface area contributed by atoms with Gasteiger partial charge in [-0.1, -0.05) is 83.4 Å². The second kappa shape index (κ2) is 13.4. The van der Waals surface area contributed by atoms with Gasteiger partial charge < -0.3 is 9.87 Å². The van der Waals surface area contributed by atoms with Crippen molar-refractivity contribution in [3.63, 3.8) is 0 Å². The van der Waals surface area contributed by atoms with E-state index in [1.165, 1.54) is 24.3 Å². The summed E-state index contributed by atoms with van der Waals surface area (Å²) in [6.45, 7) is 0.214. The molecule has 3 aromatic rings. The molecule has 0 heterocycles. The quantitative estimate of drug-likeness (QED) is 0.186. The number of halogens is 7. The average Bonchev–Trinajstić information content (AvgIpc) is 2.82. The van der Waals surface area contributed by atoms with Crippen LogP contribution in [0.15, 0.2) is 71.2 Å². The fraction of sp³-hybridized carbons (Fsp3) is 0.192. The van der Waals surface area contributed by atoms with E-state index in [0.717, 1.165) is 23.8 Å². The Balaban J connectivity index is 1.65. The first kappa shape index (κ1) is 29.9. The number of amides is 1. The lowest BCUT2D eigenvalue weighted by Crippen LogP contribution is -2.29. The van der Waals surface area contributed by atoms with Crippen LogP contribution in [0.4, 0.5) is 13.2 Å². The third-order valence-corrected chi connectivity index (χ3v) is 8.39. The second-order valence-electron chi connectivity index (χ2n) is 7.95. The summed E-state index contributed by atoms with van der Waals surface area (Å²) in [7, 11) is 0. The molecule has 3 aromatic carbocycles. The van der Waals surface area contributed by atoms with Crippen LogP contribution in [0.5, 0.6) is 0 Å². The minimum Gasteiger partial charge on any atom is -0.616 e. The Morgan fingerprint density at radius 1 is 1.05 bits per heavy atom.